The number of piperidine rings is 1. The van der Waals surface area contributed by atoms with E-state index in [9.17, 15) is 18.0 Å². The van der Waals surface area contributed by atoms with Gasteiger partial charge in [-0.25, -0.2) is 0 Å². The van der Waals surface area contributed by atoms with Gasteiger partial charge in [-0.15, -0.1) is 0 Å². The van der Waals surface area contributed by atoms with Gasteiger partial charge in [0.05, 0.1) is 6.10 Å². The molecule has 1 unspecified atom stereocenters. The minimum absolute atomic E-state index is 0.0677. The Labute approximate surface area is 199 Å². The SMILES string of the molecule is CC1CCC(Oc2ccc3ccc(C(C)N4CCC[C@H](CC(=O)O)C4)cc3c2C(F)(F)F)CC1. The number of rotatable bonds is 6. The van der Waals surface area contributed by atoms with E-state index >= 15 is 0 Å². The highest BCUT2D eigenvalue weighted by molar-refractivity contribution is 5.89. The number of nitrogens with zero attached hydrogens (tertiary/aromatic N) is 1. The highest BCUT2D eigenvalue weighted by Gasteiger charge is 2.38. The fourth-order valence-electron chi connectivity index (χ4n) is 5.57. The van der Waals surface area contributed by atoms with Gasteiger partial charge in [0.25, 0.3) is 0 Å². The largest absolute Gasteiger partial charge is 0.490 e. The van der Waals surface area contributed by atoms with Crippen LogP contribution < -0.4 is 4.74 Å². The average molecular weight is 478 g/mol. The number of hydrogen-bond acceptors (Lipinski definition) is 3. The molecular weight excluding hydrogens is 443 g/mol. The van der Waals surface area contributed by atoms with E-state index in [-0.39, 0.29) is 35.6 Å². The smallest absolute Gasteiger partial charge is 0.420 e. The zero-order valence-corrected chi connectivity index (χ0v) is 19.9. The molecule has 0 radical (unpaired) electrons. The molecule has 7 heteroatoms. The molecule has 0 aromatic heterocycles. The molecule has 1 aliphatic heterocycles. The van der Waals surface area contributed by atoms with Gasteiger partial charge in [0.1, 0.15) is 11.3 Å². The van der Waals surface area contributed by atoms with E-state index in [0.29, 0.717) is 17.8 Å². The minimum Gasteiger partial charge on any atom is -0.490 e. The standard InChI is InChI=1S/C27H34F3NO3/c1-17-5-10-22(11-6-17)34-24-12-9-20-7-8-21(15-23(20)26(24)27(28,29)30)18(2)31-13-3-4-19(16-31)14-25(32)33/h7-9,12,15,17-19,22H,3-6,10-11,13-14,16H2,1-2H3,(H,32,33)/t17?,18?,19-,22?/m1/s1. The molecule has 2 fully saturated rings. The quantitative estimate of drug-likeness (QED) is 0.484. The number of likely N-dealkylation sites (tertiary alicyclic amines) is 1. The zero-order valence-electron chi connectivity index (χ0n) is 19.9. The molecule has 1 saturated heterocycles. The number of halogens is 3. The van der Waals surface area contributed by atoms with E-state index in [1.54, 1.807) is 18.2 Å². The van der Waals surface area contributed by atoms with Gasteiger partial charge in [0, 0.05) is 19.0 Å². The molecule has 4 nitrogen and oxygen atoms in total. The normalized spacial score (nSPS) is 25.3. The Morgan fingerprint density at radius 2 is 1.85 bits per heavy atom. The molecule has 1 aliphatic carbocycles. The van der Waals surface area contributed by atoms with E-state index in [2.05, 4.69) is 11.8 Å². The number of carboxylic acids is 1. The van der Waals surface area contributed by atoms with Gasteiger partial charge < -0.3 is 9.84 Å². The maximum absolute atomic E-state index is 14.3. The van der Waals surface area contributed by atoms with Crippen molar-refractivity contribution in [3.05, 3.63) is 41.5 Å². The third-order valence-corrected chi connectivity index (χ3v) is 7.59. The van der Waals surface area contributed by atoms with E-state index in [0.717, 1.165) is 50.6 Å². The molecular formula is C27H34F3NO3. The van der Waals surface area contributed by atoms with Gasteiger partial charge >= 0.3 is 12.1 Å². The lowest BCUT2D eigenvalue weighted by atomic mass is 9.89. The van der Waals surface area contributed by atoms with E-state index < -0.39 is 17.7 Å². The number of carbonyl (C=O) groups is 1. The molecule has 2 aromatic carbocycles. The first-order chi connectivity index (χ1) is 16.1. The first kappa shape index (κ1) is 24.8. The summed E-state index contributed by atoms with van der Waals surface area (Å²) in [6, 6.07) is 8.36. The van der Waals surface area contributed by atoms with Gasteiger partial charge in [-0.1, -0.05) is 25.1 Å². The second-order valence-corrected chi connectivity index (χ2v) is 10.2. The maximum atomic E-state index is 14.3. The van der Waals surface area contributed by atoms with E-state index in [1.807, 2.05) is 13.0 Å². The first-order valence-corrected chi connectivity index (χ1v) is 12.4. The summed E-state index contributed by atoms with van der Waals surface area (Å²) in [5, 5.41) is 9.85. The van der Waals surface area contributed by atoms with Crippen molar-refractivity contribution < 1.29 is 27.8 Å². The van der Waals surface area contributed by atoms with Crippen LogP contribution in [0.15, 0.2) is 30.3 Å². The van der Waals surface area contributed by atoms with Gasteiger partial charge in [0.15, 0.2) is 0 Å². The lowest BCUT2D eigenvalue weighted by molar-refractivity contribution is -0.139. The van der Waals surface area contributed by atoms with Crippen LogP contribution in [0.25, 0.3) is 10.8 Å². The Morgan fingerprint density at radius 3 is 2.53 bits per heavy atom. The third kappa shape index (κ3) is 5.68. The van der Waals surface area contributed by atoms with E-state index in [1.165, 1.54) is 6.07 Å². The van der Waals surface area contributed by atoms with Gasteiger partial charge in [-0.3, -0.25) is 9.69 Å². The van der Waals surface area contributed by atoms with Crippen LogP contribution in [0.4, 0.5) is 13.2 Å². The van der Waals surface area contributed by atoms with Crippen molar-refractivity contribution in [2.45, 2.75) is 77.1 Å². The van der Waals surface area contributed by atoms with Crippen molar-refractivity contribution in [1.82, 2.24) is 4.90 Å². The minimum atomic E-state index is -4.53. The summed E-state index contributed by atoms with van der Waals surface area (Å²) in [6.45, 7) is 5.61. The number of carboxylic acid groups (broad SMARTS) is 1. The van der Waals surface area contributed by atoms with Crippen LogP contribution in [0.3, 0.4) is 0 Å². The van der Waals surface area contributed by atoms with Gasteiger partial charge in [0.2, 0.25) is 0 Å². The molecule has 0 bridgehead atoms. The van der Waals surface area contributed by atoms with Crippen molar-refractivity contribution in [1.29, 1.82) is 0 Å². The first-order valence-electron chi connectivity index (χ1n) is 12.4. The predicted octanol–water partition coefficient (Wildman–Crippen LogP) is 7.06. The molecule has 2 aliphatic rings. The number of ether oxygens (including phenoxy) is 1. The second-order valence-electron chi connectivity index (χ2n) is 10.2. The number of fused-ring (bicyclic) bond motifs is 1. The molecule has 34 heavy (non-hydrogen) atoms. The molecule has 1 saturated carbocycles. The van der Waals surface area contributed by atoms with Crippen LogP contribution in [0.1, 0.15) is 76.0 Å². The van der Waals surface area contributed by atoms with Crippen molar-refractivity contribution in [2.24, 2.45) is 11.8 Å². The molecule has 1 heterocycles. The van der Waals surface area contributed by atoms with Crippen molar-refractivity contribution in [2.75, 3.05) is 13.1 Å². The topological polar surface area (TPSA) is 49.8 Å². The van der Waals surface area contributed by atoms with Crippen molar-refractivity contribution in [3.63, 3.8) is 0 Å². The summed E-state index contributed by atoms with van der Waals surface area (Å²) in [6.07, 6.45) is 0.667. The molecule has 0 spiro atoms. The fourth-order valence-corrected chi connectivity index (χ4v) is 5.57. The Hall–Kier alpha value is -2.28. The summed E-state index contributed by atoms with van der Waals surface area (Å²) in [4.78, 5) is 13.3. The summed E-state index contributed by atoms with van der Waals surface area (Å²) in [5.41, 5.74) is 0.109. The molecule has 1 N–H and O–H groups in total. The Bertz CT molecular complexity index is 1010. The van der Waals surface area contributed by atoms with Crippen LogP contribution in [0.5, 0.6) is 5.75 Å². The van der Waals surface area contributed by atoms with Crippen LogP contribution in [-0.2, 0) is 11.0 Å². The second kappa shape index (κ2) is 10.1. The number of alkyl halides is 3. The van der Waals surface area contributed by atoms with Crippen LogP contribution >= 0.6 is 0 Å². The molecule has 2 aromatic rings. The fraction of sp³-hybridized carbons (Fsp3) is 0.593. The van der Waals surface area contributed by atoms with Crippen LogP contribution in [0.2, 0.25) is 0 Å². The predicted molar refractivity (Wildman–Crippen MR) is 126 cm³/mol. The highest BCUT2D eigenvalue weighted by Crippen LogP contribution is 2.43. The third-order valence-electron chi connectivity index (χ3n) is 7.59. The number of hydrogen-bond donors (Lipinski definition) is 1. The van der Waals surface area contributed by atoms with Crippen molar-refractivity contribution >= 4 is 16.7 Å². The molecule has 2 atom stereocenters. The highest BCUT2D eigenvalue weighted by atomic mass is 19.4. The van der Waals surface area contributed by atoms with Gasteiger partial charge in [-0.2, -0.15) is 13.2 Å². The summed E-state index contributed by atoms with van der Waals surface area (Å²) in [5.74, 6) is -0.227. The zero-order chi connectivity index (χ0) is 24.5. The lowest BCUT2D eigenvalue weighted by Crippen LogP contribution is -2.38. The monoisotopic (exact) mass is 477 g/mol. The maximum Gasteiger partial charge on any atom is 0.420 e. The number of aliphatic carboxylic acids is 1. The average Bonchev–Trinajstić information content (AvgIpc) is 2.78. The van der Waals surface area contributed by atoms with Gasteiger partial charge in [-0.05, 0) is 92.3 Å². The Morgan fingerprint density at radius 1 is 1.15 bits per heavy atom. The van der Waals surface area contributed by atoms with E-state index in [4.69, 9.17) is 9.84 Å². The Kier molecular flexibility index (Phi) is 7.41. The van der Waals surface area contributed by atoms with Crippen LogP contribution in [0, 0.1) is 11.8 Å². The lowest BCUT2D eigenvalue weighted by Gasteiger charge is -2.36. The number of benzene rings is 2. The molecule has 4 rings (SSSR count). The summed E-state index contributed by atoms with van der Waals surface area (Å²) in [7, 11) is 0. The molecule has 186 valence electrons. The summed E-state index contributed by atoms with van der Waals surface area (Å²) >= 11 is 0. The Balaban J connectivity index is 1.64. The summed E-state index contributed by atoms with van der Waals surface area (Å²) < 4.78 is 48.9. The van der Waals surface area contributed by atoms with Crippen molar-refractivity contribution in [3.8, 4) is 5.75 Å². The van der Waals surface area contributed by atoms with Crippen LogP contribution in [-0.4, -0.2) is 35.2 Å². The molecule has 0 amide bonds.